The number of nitrogens with one attached hydrogen (secondary N) is 1. The standard InChI is InChI=1S/C22H28N4O2S/c1-25-14-12-23-22(25)29-15-20(27)24-18-10-8-17(9-11-18)21(28)26-13-4-6-16-5-2-3-7-19(16)26/h8-12,14,16,19H,2-7,13,15H2,1H3,(H,24,27)/t16-,19-/m1/s1. The Kier molecular flexibility index (Phi) is 6.23. The molecule has 2 aromatic rings. The van der Waals surface area contributed by atoms with E-state index in [1.54, 1.807) is 6.20 Å². The zero-order valence-electron chi connectivity index (χ0n) is 16.8. The van der Waals surface area contributed by atoms with Crippen molar-refractivity contribution < 1.29 is 9.59 Å². The van der Waals surface area contributed by atoms with Crippen LogP contribution in [0.1, 0.15) is 48.9 Å². The van der Waals surface area contributed by atoms with Crippen LogP contribution in [0.2, 0.25) is 0 Å². The molecule has 4 rings (SSSR count). The molecule has 1 aliphatic heterocycles. The Bertz CT molecular complexity index is 862. The van der Waals surface area contributed by atoms with Crippen LogP contribution in [0.15, 0.2) is 41.8 Å². The molecule has 7 heteroatoms. The van der Waals surface area contributed by atoms with Gasteiger partial charge in [-0.05, 0) is 55.9 Å². The van der Waals surface area contributed by atoms with Crippen LogP contribution < -0.4 is 5.32 Å². The molecule has 1 N–H and O–H groups in total. The second-order valence-corrected chi connectivity index (χ2v) is 8.93. The summed E-state index contributed by atoms with van der Waals surface area (Å²) < 4.78 is 1.88. The fourth-order valence-electron chi connectivity index (χ4n) is 4.56. The van der Waals surface area contributed by atoms with Gasteiger partial charge >= 0.3 is 0 Å². The van der Waals surface area contributed by atoms with E-state index in [4.69, 9.17) is 0 Å². The second-order valence-electron chi connectivity index (χ2n) is 7.99. The van der Waals surface area contributed by atoms with Crippen LogP contribution in [0.3, 0.4) is 0 Å². The molecule has 2 fully saturated rings. The van der Waals surface area contributed by atoms with E-state index in [2.05, 4.69) is 15.2 Å². The first-order valence-electron chi connectivity index (χ1n) is 10.4. The van der Waals surface area contributed by atoms with Crippen molar-refractivity contribution in [3.05, 3.63) is 42.2 Å². The van der Waals surface area contributed by atoms with E-state index in [-0.39, 0.29) is 11.8 Å². The molecule has 29 heavy (non-hydrogen) atoms. The van der Waals surface area contributed by atoms with E-state index < -0.39 is 0 Å². The lowest BCUT2D eigenvalue weighted by molar-refractivity contribution is -0.113. The highest BCUT2D eigenvalue weighted by Gasteiger charge is 2.35. The molecule has 2 atom stereocenters. The van der Waals surface area contributed by atoms with Crippen molar-refractivity contribution in [3.63, 3.8) is 0 Å². The predicted molar refractivity (Wildman–Crippen MR) is 115 cm³/mol. The van der Waals surface area contributed by atoms with E-state index in [1.807, 2.05) is 42.1 Å². The van der Waals surface area contributed by atoms with Gasteiger partial charge in [-0.3, -0.25) is 9.59 Å². The SMILES string of the molecule is Cn1ccnc1SCC(=O)Nc1ccc(C(=O)N2CCC[C@H]3CCCC[C@H]32)cc1. The van der Waals surface area contributed by atoms with Crippen molar-refractivity contribution in [1.29, 1.82) is 0 Å². The van der Waals surface area contributed by atoms with Gasteiger partial charge in [-0.15, -0.1) is 0 Å². The van der Waals surface area contributed by atoms with Crippen LogP contribution in [-0.4, -0.2) is 44.6 Å². The van der Waals surface area contributed by atoms with E-state index in [9.17, 15) is 9.59 Å². The van der Waals surface area contributed by atoms with Crippen LogP contribution in [0, 0.1) is 5.92 Å². The summed E-state index contributed by atoms with van der Waals surface area (Å²) in [4.78, 5) is 31.6. The summed E-state index contributed by atoms with van der Waals surface area (Å²) in [5.41, 5.74) is 1.41. The molecule has 6 nitrogen and oxygen atoms in total. The Morgan fingerprint density at radius 1 is 1.14 bits per heavy atom. The smallest absolute Gasteiger partial charge is 0.254 e. The van der Waals surface area contributed by atoms with Crippen molar-refractivity contribution in [2.75, 3.05) is 17.6 Å². The Balaban J connectivity index is 1.34. The summed E-state index contributed by atoms with van der Waals surface area (Å²) in [7, 11) is 1.90. The Morgan fingerprint density at radius 3 is 2.66 bits per heavy atom. The molecular formula is C22H28N4O2S. The molecule has 0 bridgehead atoms. The average Bonchev–Trinajstić information content (AvgIpc) is 3.16. The maximum atomic E-state index is 13.1. The number of benzene rings is 1. The summed E-state index contributed by atoms with van der Waals surface area (Å²) in [6.45, 7) is 0.864. The molecule has 0 radical (unpaired) electrons. The number of aromatic nitrogens is 2. The van der Waals surface area contributed by atoms with Gasteiger partial charge in [-0.1, -0.05) is 24.6 Å². The number of nitrogens with zero attached hydrogens (tertiary/aromatic N) is 3. The largest absolute Gasteiger partial charge is 0.335 e. The summed E-state index contributed by atoms with van der Waals surface area (Å²) in [5.74, 6) is 1.02. The second kappa shape index (κ2) is 9.03. The minimum atomic E-state index is -0.0850. The molecule has 1 aliphatic carbocycles. The van der Waals surface area contributed by atoms with Gasteiger partial charge in [0.05, 0.1) is 5.75 Å². The van der Waals surface area contributed by atoms with E-state index >= 15 is 0 Å². The zero-order chi connectivity index (χ0) is 20.2. The topological polar surface area (TPSA) is 67.2 Å². The number of rotatable bonds is 5. The minimum absolute atomic E-state index is 0.0850. The Labute approximate surface area is 176 Å². The first-order chi connectivity index (χ1) is 14.1. The first-order valence-corrected chi connectivity index (χ1v) is 11.4. The summed E-state index contributed by atoms with van der Waals surface area (Å²) >= 11 is 1.40. The minimum Gasteiger partial charge on any atom is -0.335 e. The number of hydrogen-bond acceptors (Lipinski definition) is 4. The van der Waals surface area contributed by atoms with Gasteiger partial charge in [-0.2, -0.15) is 0 Å². The number of carbonyl (C=O) groups excluding carboxylic acids is 2. The monoisotopic (exact) mass is 412 g/mol. The predicted octanol–water partition coefficient (Wildman–Crippen LogP) is 3.95. The van der Waals surface area contributed by atoms with Crippen molar-refractivity contribution in [2.45, 2.75) is 49.7 Å². The van der Waals surface area contributed by atoms with Crippen molar-refractivity contribution >= 4 is 29.3 Å². The molecule has 1 aromatic heterocycles. The van der Waals surface area contributed by atoms with Crippen molar-refractivity contribution in [1.82, 2.24) is 14.5 Å². The van der Waals surface area contributed by atoms with Crippen LogP contribution in [0.25, 0.3) is 0 Å². The Hall–Kier alpha value is -2.28. The molecule has 154 valence electrons. The van der Waals surface area contributed by atoms with Crippen molar-refractivity contribution in [2.24, 2.45) is 13.0 Å². The number of piperidine rings is 1. The highest BCUT2D eigenvalue weighted by molar-refractivity contribution is 7.99. The van der Waals surface area contributed by atoms with Gasteiger partial charge in [-0.25, -0.2) is 4.98 Å². The van der Waals surface area contributed by atoms with Gasteiger partial charge in [0.2, 0.25) is 5.91 Å². The van der Waals surface area contributed by atoms with Crippen LogP contribution in [0.5, 0.6) is 0 Å². The molecular weight excluding hydrogens is 384 g/mol. The quantitative estimate of drug-likeness (QED) is 0.755. The van der Waals surface area contributed by atoms with Crippen LogP contribution in [0.4, 0.5) is 5.69 Å². The molecule has 2 amide bonds. The molecule has 2 heterocycles. The molecule has 1 saturated carbocycles. The average molecular weight is 413 g/mol. The molecule has 0 spiro atoms. The van der Waals surface area contributed by atoms with E-state index in [1.165, 1.54) is 37.4 Å². The van der Waals surface area contributed by atoms with Crippen LogP contribution in [-0.2, 0) is 11.8 Å². The summed E-state index contributed by atoms with van der Waals surface area (Å²) in [5, 5.41) is 3.70. The van der Waals surface area contributed by atoms with Gasteiger partial charge in [0, 0.05) is 43.3 Å². The van der Waals surface area contributed by atoms with Gasteiger partial charge < -0.3 is 14.8 Å². The number of thioether (sulfide) groups is 1. The fourth-order valence-corrected chi connectivity index (χ4v) is 5.29. The maximum Gasteiger partial charge on any atom is 0.254 e. The normalized spacial score (nSPS) is 21.5. The number of carbonyl (C=O) groups is 2. The highest BCUT2D eigenvalue weighted by Crippen LogP contribution is 2.36. The number of likely N-dealkylation sites (tertiary alicyclic amines) is 1. The molecule has 1 aromatic carbocycles. The molecule has 0 unspecified atom stereocenters. The van der Waals surface area contributed by atoms with Gasteiger partial charge in [0.1, 0.15) is 0 Å². The number of anilines is 1. The number of aryl methyl sites for hydroxylation is 1. The molecule has 2 aliphatic rings. The Morgan fingerprint density at radius 2 is 1.90 bits per heavy atom. The number of amides is 2. The highest BCUT2D eigenvalue weighted by atomic mass is 32.2. The maximum absolute atomic E-state index is 13.1. The number of fused-ring (bicyclic) bond motifs is 1. The summed E-state index contributed by atoms with van der Waals surface area (Å²) in [6, 6.07) is 7.71. The van der Waals surface area contributed by atoms with Gasteiger partial charge in [0.25, 0.3) is 5.91 Å². The third-order valence-corrected chi connectivity index (χ3v) is 7.09. The lowest BCUT2D eigenvalue weighted by Gasteiger charge is -2.44. The molecule has 1 saturated heterocycles. The lowest BCUT2D eigenvalue weighted by atomic mass is 9.78. The van der Waals surface area contributed by atoms with Crippen molar-refractivity contribution in [3.8, 4) is 0 Å². The lowest BCUT2D eigenvalue weighted by Crippen LogP contribution is -2.49. The fraction of sp³-hybridized carbons (Fsp3) is 0.500. The van der Waals surface area contributed by atoms with E-state index in [0.717, 1.165) is 24.5 Å². The first kappa shape index (κ1) is 20.0. The third-order valence-electron chi connectivity index (χ3n) is 6.03. The summed E-state index contributed by atoms with van der Waals surface area (Å²) in [6.07, 6.45) is 10.9. The van der Waals surface area contributed by atoms with Gasteiger partial charge in [0.15, 0.2) is 5.16 Å². The van der Waals surface area contributed by atoms with E-state index in [0.29, 0.717) is 29.0 Å². The number of hydrogen-bond donors (Lipinski definition) is 1. The van der Waals surface area contributed by atoms with Crippen LogP contribution >= 0.6 is 11.8 Å². The zero-order valence-corrected chi connectivity index (χ0v) is 17.7. The third kappa shape index (κ3) is 4.66. The number of imidazole rings is 1.